The fourth-order valence-electron chi connectivity index (χ4n) is 1.79. The van der Waals surface area contributed by atoms with Crippen LogP contribution in [0.2, 0.25) is 0 Å². The van der Waals surface area contributed by atoms with Crippen molar-refractivity contribution >= 4 is 11.3 Å². The molecule has 3 heterocycles. The van der Waals surface area contributed by atoms with Crippen molar-refractivity contribution in [1.29, 1.82) is 0 Å². The summed E-state index contributed by atoms with van der Waals surface area (Å²) in [6, 6.07) is 7.95. The number of pyridine rings is 2. The smallest absolute Gasteiger partial charge is 0.139 e. The molecule has 3 aromatic rings. The highest BCUT2D eigenvalue weighted by molar-refractivity contribution is 5.64. The zero-order valence-corrected chi connectivity index (χ0v) is 9.46. The largest absolute Gasteiger partial charge is 0.388 e. The molecule has 0 unspecified atom stereocenters. The summed E-state index contributed by atoms with van der Waals surface area (Å²) in [7, 11) is 1.90. The maximum absolute atomic E-state index is 4.57. The molecule has 3 aromatic heterocycles. The molecule has 0 aromatic carbocycles. The van der Waals surface area contributed by atoms with Crippen molar-refractivity contribution in [2.45, 2.75) is 0 Å². The van der Waals surface area contributed by atoms with Gasteiger partial charge in [-0.1, -0.05) is 0 Å². The van der Waals surface area contributed by atoms with Crippen LogP contribution in [0.4, 0.5) is 5.69 Å². The first kappa shape index (κ1) is 9.84. The Labute approximate surface area is 99.0 Å². The second-order valence-electron chi connectivity index (χ2n) is 3.80. The molecule has 4 nitrogen and oxygen atoms in total. The van der Waals surface area contributed by atoms with Crippen molar-refractivity contribution in [1.82, 2.24) is 14.4 Å². The maximum atomic E-state index is 4.57. The first-order valence-electron chi connectivity index (χ1n) is 5.44. The average molecular weight is 224 g/mol. The molecule has 0 fully saturated rings. The molecule has 0 bridgehead atoms. The number of rotatable bonds is 2. The average Bonchev–Trinajstić information content (AvgIpc) is 2.82. The van der Waals surface area contributed by atoms with Crippen LogP contribution in [0.1, 0.15) is 0 Å². The van der Waals surface area contributed by atoms with Crippen molar-refractivity contribution in [2.24, 2.45) is 0 Å². The van der Waals surface area contributed by atoms with Gasteiger partial charge in [0.25, 0.3) is 0 Å². The van der Waals surface area contributed by atoms with Gasteiger partial charge in [0.1, 0.15) is 5.65 Å². The van der Waals surface area contributed by atoms with Gasteiger partial charge in [0, 0.05) is 49.2 Å². The van der Waals surface area contributed by atoms with Gasteiger partial charge in [-0.2, -0.15) is 0 Å². The maximum Gasteiger partial charge on any atom is 0.139 e. The Morgan fingerprint density at radius 3 is 3.00 bits per heavy atom. The van der Waals surface area contributed by atoms with E-state index in [9.17, 15) is 0 Å². The molecule has 4 heteroatoms. The molecule has 3 rings (SSSR count). The molecule has 17 heavy (non-hydrogen) atoms. The highest BCUT2D eigenvalue weighted by Crippen LogP contribution is 2.19. The molecule has 0 amide bonds. The molecule has 0 spiro atoms. The Morgan fingerprint density at radius 1 is 1.29 bits per heavy atom. The summed E-state index contributed by atoms with van der Waals surface area (Å²) in [4.78, 5) is 8.68. The van der Waals surface area contributed by atoms with Crippen LogP contribution in [-0.2, 0) is 0 Å². The van der Waals surface area contributed by atoms with Crippen molar-refractivity contribution in [3.8, 4) is 11.3 Å². The molecular weight excluding hydrogens is 212 g/mol. The normalized spacial score (nSPS) is 10.6. The highest BCUT2D eigenvalue weighted by atomic mass is 15.0. The van der Waals surface area contributed by atoms with E-state index in [1.165, 1.54) is 0 Å². The quantitative estimate of drug-likeness (QED) is 0.727. The highest BCUT2D eigenvalue weighted by Gasteiger charge is 2.04. The fourth-order valence-corrected chi connectivity index (χ4v) is 1.79. The van der Waals surface area contributed by atoms with Gasteiger partial charge in [0.2, 0.25) is 0 Å². The molecule has 0 saturated heterocycles. The first-order valence-corrected chi connectivity index (χ1v) is 5.44. The Balaban J connectivity index is 2.14. The molecule has 1 N–H and O–H groups in total. The van der Waals surface area contributed by atoms with Gasteiger partial charge in [-0.15, -0.1) is 0 Å². The van der Waals surface area contributed by atoms with Crippen LogP contribution in [-0.4, -0.2) is 21.4 Å². The van der Waals surface area contributed by atoms with E-state index in [1.54, 1.807) is 6.20 Å². The third kappa shape index (κ3) is 1.73. The van der Waals surface area contributed by atoms with Crippen molar-refractivity contribution < 1.29 is 0 Å². The standard InChI is InChI=1S/C13H12N4/c1-14-11-4-6-17-9-12(16-13(17)7-11)10-3-2-5-15-8-10/h2-9,14H,1H3. The van der Waals surface area contributed by atoms with Gasteiger partial charge in [-0.25, -0.2) is 4.98 Å². The van der Waals surface area contributed by atoms with Gasteiger partial charge in [-0.3, -0.25) is 4.98 Å². The van der Waals surface area contributed by atoms with E-state index in [1.807, 2.05) is 54.3 Å². The third-order valence-corrected chi connectivity index (χ3v) is 2.71. The predicted octanol–water partition coefficient (Wildman–Crippen LogP) is 2.44. The van der Waals surface area contributed by atoms with E-state index in [-0.39, 0.29) is 0 Å². The van der Waals surface area contributed by atoms with E-state index in [4.69, 9.17) is 0 Å². The van der Waals surface area contributed by atoms with Gasteiger partial charge >= 0.3 is 0 Å². The number of nitrogens with one attached hydrogen (secondary N) is 1. The molecular formula is C13H12N4. The number of anilines is 1. The lowest BCUT2D eigenvalue weighted by Crippen LogP contribution is -1.89. The second kappa shape index (κ2) is 3.90. The van der Waals surface area contributed by atoms with E-state index in [0.29, 0.717) is 0 Å². The molecule has 0 atom stereocenters. The van der Waals surface area contributed by atoms with E-state index in [0.717, 1.165) is 22.6 Å². The summed E-state index contributed by atoms with van der Waals surface area (Å²) in [6.45, 7) is 0. The molecule has 0 aliphatic carbocycles. The number of nitrogens with zero attached hydrogens (tertiary/aromatic N) is 3. The van der Waals surface area contributed by atoms with E-state index in [2.05, 4.69) is 15.3 Å². The van der Waals surface area contributed by atoms with Gasteiger partial charge in [0.15, 0.2) is 0 Å². The van der Waals surface area contributed by atoms with Crippen LogP contribution in [0.15, 0.2) is 49.1 Å². The molecule has 0 saturated carbocycles. The third-order valence-electron chi connectivity index (χ3n) is 2.71. The van der Waals surface area contributed by atoms with Gasteiger partial charge in [-0.05, 0) is 18.2 Å². The minimum Gasteiger partial charge on any atom is -0.388 e. The Hall–Kier alpha value is -2.36. The van der Waals surface area contributed by atoms with Crippen LogP contribution in [0.3, 0.4) is 0 Å². The van der Waals surface area contributed by atoms with E-state index >= 15 is 0 Å². The van der Waals surface area contributed by atoms with Gasteiger partial charge in [0.05, 0.1) is 5.69 Å². The SMILES string of the molecule is CNc1ccn2cc(-c3cccnc3)nc2c1. The van der Waals surface area contributed by atoms with Crippen LogP contribution < -0.4 is 5.32 Å². The Kier molecular flexibility index (Phi) is 2.26. The number of fused-ring (bicyclic) bond motifs is 1. The zero-order valence-electron chi connectivity index (χ0n) is 9.46. The number of imidazole rings is 1. The molecule has 0 aliphatic rings. The Morgan fingerprint density at radius 2 is 2.24 bits per heavy atom. The number of aromatic nitrogens is 3. The summed E-state index contributed by atoms with van der Waals surface area (Å²) in [5.41, 5.74) is 3.95. The molecule has 0 aliphatic heterocycles. The lowest BCUT2D eigenvalue weighted by atomic mass is 10.2. The monoisotopic (exact) mass is 224 g/mol. The van der Waals surface area contributed by atoms with Crippen molar-refractivity contribution in [3.63, 3.8) is 0 Å². The summed E-state index contributed by atoms with van der Waals surface area (Å²) < 4.78 is 2.00. The van der Waals surface area contributed by atoms with Crippen LogP contribution in [0.5, 0.6) is 0 Å². The molecule has 84 valence electrons. The van der Waals surface area contributed by atoms with Crippen molar-refractivity contribution in [2.75, 3.05) is 12.4 Å². The number of hydrogen-bond donors (Lipinski definition) is 1. The second-order valence-corrected chi connectivity index (χ2v) is 3.80. The summed E-state index contributed by atoms with van der Waals surface area (Å²) in [5.74, 6) is 0. The zero-order chi connectivity index (χ0) is 11.7. The summed E-state index contributed by atoms with van der Waals surface area (Å²) in [5, 5.41) is 3.10. The fraction of sp³-hybridized carbons (Fsp3) is 0.0769. The minimum absolute atomic E-state index is 0.927. The lowest BCUT2D eigenvalue weighted by molar-refractivity contribution is 1.18. The molecule has 0 radical (unpaired) electrons. The lowest BCUT2D eigenvalue weighted by Gasteiger charge is -1.98. The van der Waals surface area contributed by atoms with Gasteiger partial charge < -0.3 is 9.72 Å². The summed E-state index contributed by atoms with van der Waals surface area (Å²) >= 11 is 0. The summed E-state index contributed by atoms with van der Waals surface area (Å²) in [6.07, 6.45) is 7.58. The van der Waals surface area contributed by atoms with Crippen LogP contribution in [0.25, 0.3) is 16.9 Å². The van der Waals surface area contributed by atoms with Crippen LogP contribution >= 0.6 is 0 Å². The van der Waals surface area contributed by atoms with Crippen molar-refractivity contribution in [3.05, 3.63) is 49.1 Å². The predicted molar refractivity (Wildman–Crippen MR) is 68.0 cm³/mol. The first-order chi connectivity index (χ1) is 8.36. The van der Waals surface area contributed by atoms with Crippen LogP contribution in [0, 0.1) is 0 Å². The minimum atomic E-state index is 0.927. The Bertz CT molecular complexity index is 643. The topological polar surface area (TPSA) is 42.2 Å². The number of hydrogen-bond acceptors (Lipinski definition) is 3. The van der Waals surface area contributed by atoms with E-state index < -0.39 is 0 Å².